The number of ketones is 1. The van der Waals surface area contributed by atoms with Gasteiger partial charge in [-0.15, -0.1) is 0 Å². The summed E-state index contributed by atoms with van der Waals surface area (Å²) in [4.78, 5) is 33.2. The van der Waals surface area contributed by atoms with Crippen LogP contribution in [0.2, 0.25) is 0 Å². The van der Waals surface area contributed by atoms with Crippen molar-refractivity contribution in [3.63, 3.8) is 0 Å². The van der Waals surface area contributed by atoms with E-state index in [1.807, 2.05) is 0 Å². The number of hydrogen-bond acceptors (Lipinski definition) is 6. The molecule has 0 bridgehead atoms. The summed E-state index contributed by atoms with van der Waals surface area (Å²) in [5.74, 6) is -0.880. The molecule has 0 spiro atoms. The van der Waals surface area contributed by atoms with Crippen LogP contribution in [-0.4, -0.2) is 29.4 Å². The van der Waals surface area contributed by atoms with Crippen molar-refractivity contribution in [2.45, 2.75) is 32.0 Å². The molecular weight excluding hydrogens is 278 g/mol. The molecule has 0 aliphatic carbocycles. The van der Waals surface area contributed by atoms with Crippen LogP contribution >= 0.6 is 0 Å². The monoisotopic (exact) mass is 293 g/mol. The molecule has 1 aliphatic heterocycles. The van der Waals surface area contributed by atoms with Gasteiger partial charge in [-0.2, -0.15) is 0 Å². The Morgan fingerprint density at radius 3 is 2.62 bits per heavy atom. The van der Waals surface area contributed by atoms with Crippen LogP contribution in [0.1, 0.15) is 24.8 Å². The fraction of sp³-hybridized carbons (Fsp3) is 0.429. The largest absolute Gasteiger partial charge is 0.460 e. The van der Waals surface area contributed by atoms with Crippen LogP contribution < -0.4 is 0 Å². The Labute approximate surface area is 121 Å². The molecule has 1 fully saturated rings. The van der Waals surface area contributed by atoms with Crippen LogP contribution in [0, 0.1) is 10.1 Å². The Balaban J connectivity index is 1.78. The predicted octanol–water partition coefficient (Wildman–Crippen LogP) is 1.78. The quantitative estimate of drug-likeness (QED) is 0.343. The molecule has 1 aliphatic rings. The van der Waals surface area contributed by atoms with Crippen LogP contribution in [0.3, 0.4) is 0 Å². The topological polar surface area (TPSA) is 95.7 Å². The van der Waals surface area contributed by atoms with Crippen LogP contribution in [-0.2, 0) is 25.7 Å². The first-order valence-electron chi connectivity index (χ1n) is 6.59. The van der Waals surface area contributed by atoms with E-state index < -0.39 is 17.0 Å². The van der Waals surface area contributed by atoms with E-state index in [1.165, 1.54) is 24.3 Å². The Morgan fingerprint density at radius 2 is 2.05 bits per heavy atom. The van der Waals surface area contributed by atoms with Crippen molar-refractivity contribution in [2.24, 2.45) is 0 Å². The molecular formula is C14H15NO6. The Hall–Kier alpha value is -2.28. The molecule has 7 heteroatoms. The van der Waals surface area contributed by atoms with Gasteiger partial charge in [-0.1, -0.05) is 0 Å². The van der Waals surface area contributed by atoms with Gasteiger partial charge in [0.25, 0.3) is 5.69 Å². The van der Waals surface area contributed by atoms with Crippen molar-refractivity contribution < 1.29 is 24.0 Å². The normalized spacial score (nSPS) is 17.4. The third kappa shape index (κ3) is 4.35. The number of rotatable bonds is 6. The third-order valence-electron chi connectivity index (χ3n) is 3.15. The van der Waals surface area contributed by atoms with Crippen molar-refractivity contribution in [3.05, 3.63) is 39.9 Å². The number of ether oxygens (including phenoxy) is 2. The zero-order valence-corrected chi connectivity index (χ0v) is 11.3. The van der Waals surface area contributed by atoms with Gasteiger partial charge in [0.15, 0.2) is 5.78 Å². The number of non-ortho nitro benzene ring substituents is 1. The van der Waals surface area contributed by atoms with Gasteiger partial charge in [0, 0.05) is 18.7 Å². The maximum Gasteiger partial charge on any atom is 0.313 e. The van der Waals surface area contributed by atoms with Gasteiger partial charge in [-0.05, 0) is 30.5 Å². The molecule has 7 nitrogen and oxygen atoms in total. The van der Waals surface area contributed by atoms with E-state index >= 15 is 0 Å². The molecule has 1 aromatic rings. The Morgan fingerprint density at radius 1 is 1.33 bits per heavy atom. The number of hydrogen-bond donors (Lipinski definition) is 0. The van der Waals surface area contributed by atoms with E-state index in [4.69, 9.17) is 9.47 Å². The van der Waals surface area contributed by atoms with Gasteiger partial charge in [0.1, 0.15) is 19.1 Å². The predicted molar refractivity (Wildman–Crippen MR) is 71.5 cm³/mol. The molecule has 1 heterocycles. The van der Waals surface area contributed by atoms with E-state index in [0.29, 0.717) is 18.6 Å². The molecule has 0 radical (unpaired) electrons. The molecule has 0 saturated carbocycles. The summed E-state index contributed by atoms with van der Waals surface area (Å²) in [6.45, 7) is 0.532. The average molecular weight is 293 g/mol. The van der Waals surface area contributed by atoms with Crippen molar-refractivity contribution >= 4 is 17.4 Å². The van der Waals surface area contributed by atoms with E-state index in [2.05, 4.69) is 0 Å². The summed E-state index contributed by atoms with van der Waals surface area (Å²) in [5, 5.41) is 10.5. The third-order valence-corrected chi connectivity index (χ3v) is 3.15. The standard InChI is InChI=1S/C14H15NO6/c16-12(13-2-1-7-20-13)8-14(17)21-9-10-3-5-11(6-4-10)15(18)19/h3-6,13H,1-2,7-9H2. The van der Waals surface area contributed by atoms with Crippen molar-refractivity contribution in [1.29, 1.82) is 0 Å². The van der Waals surface area contributed by atoms with Gasteiger partial charge in [-0.25, -0.2) is 0 Å². The molecule has 0 N–H and O–H groups in total. The zero-order chi connectivity index (χ0) is 15.2. The number of Topliss-reactive ketones (excluding diaryl/α,β-unsaturated/α-hetero) is 1. The van der Waals surface area contributed by atoms with Crippen molar-refractivity contribution in [2.75, 3.05) is 6.61 Å². The second-order valence-electron chi connectivity index (χ2n) is 4.73. The van der Waals surface area contributed by atoms with E-state index in [1.54, 1.807) is 0 Å². The minimum atomic E-state index is -0.617. The van der Waals surface area contributed by atoms with Gasteiger partial charge in [0.2, 0.25) is 0 Å². The molecule has 1 atom stereocenters. The van der Waals surface area contributed by atoms with E-state index in [9.17, 15) is 19.7 Å². The lowest BCUT2D eigenvalue weighted by Gasteiger charge is -2.08. The Bertz CT molecular complexity index is 533. The van der Waals surface area contributed by atoms with E-state index in [-0.39, 0.29) is 24.5 Å². The highest BCUT2D eigenvalue weighted by Gasteiger charge is 2.25. The number of esters is 1. The number of nitro benzene ring substituents is 1. The van der Waals surface area contributed by atoms with Crippen molar-refractivity contribution in [3.8, 4) is 0 Å². The summed E-state index contributed by atoms with van der Waals surface area (Å²) in [6, 6.07) is 5.68. The molecule has 1 saturated heterocycles. The zero-order valence-electron chi connectivity index (χ0n) is 11.3. The number of carbonyl (C=O) groups is 2. The lowest BCUT2D eigenvalue weighted by molar-refractivity contribution is -0.384. The molecule has 0 amide bonds. The summed E-state index contributed by atoms with van der Waals surface area (Å²) in [6.07, 6.45) is 0.678. The molecule has 2 rings (SSSR count). The van der Waals surface area contributed by atoms with Gasteiger partial charge < -0.3 is 9.47 Å². The smallest absolute Gasteiger partial charge is 0.313 e. The molecule has 1 aromatic carbocycles. The maximum atomic E-state index is 11.7. The molecule has 1 unspecified atom stereocenters. The van der Waals surface area contributed by atoms with Crippen LogP contribution in [0.4, 0.5) is 5.69 Å². The number of benzene rings is 1. The Kier molecular flexibility index (Phi) is 4.99. The average Bonchev–Trinajstić information content (AvgIpc) is 3.00. The fourth-order valence-corrected chi connectivity index (χ4v) is 2.02. The SMILES string of the molecule is O=C(CC(=O)C1CCCO1)OCc1ccc([N+](=O)[O-])cc1. The highest BCUT2D eigenvalue weighted by Crippen LogP contribution is 2.15. The second-order valence-corrected chi connectivity index (χ2v) is 4.73. The molecule has 21 heavy (non-hydrogen) atoms. The van der Waals surface area contributed by atoms with Gasteiger partial charge in [-0.3, -0.25) is 19.7 Å². The first-order valence-corrected chi connectivity index (χ1v) is 6.59. The number of nitro groups is 1. The second kappa shape index (κ2) is 6.94. The first kappa shape index (κ1) is 15.1. The van der Waals surface area contributed by atoms with Crippen LogP contribution in [0.15, 0.2) is 24.3 Å². The van der Waals surface area contributed by atoms with Crippen LogP contribution in [0.25, 0.3) is 0 Å². The highest BCUT2D eigenvalue weighted by molar-refractivity contribution is 5.98. The number of nitrogens with zero attached hydrogens (tertiary/aromatic N) is 1. The maximum absolute atomic E-state index is 11.7. The summed E-state index contributed by atoms with van der Waals surface area (Å²) >= 11 is 0. The summed E-state index contributed by atoms with van der Waals surface area (Å²) in [7, 11) is 0. The molecule has 112 valence electrons. The van der Waals surface area contributed by atoms with Crippen molar-refractivity contribution in [1.82, 2.24) is 0 Å². The number of carbonyl (C=O) groups excluding carboxylic acids is 2. The summed E-state index contributed by atoms with van der Waals surface area (Å²) in [5.41, 5.74) is 0.595. The fourth-order valence-electron chi connectivity index (χ4n) is 2.02. The minimum Gasteiger partial charge on any atom is -0.460 e. The summed E-state index contributed by atoms with van der Waals surface area (Å²) < 4.78 is 10.2. The first-order chi connectivity index (χ1) is 10.1. The lowest BCUT2D eigenvalue weighted by Crippen LogP contribution is -2.23. The minimum absolute atomic E-state index is 0.0182. The van der Waals surface area contributed by atoms with Gasteiger partial charge >= 0.3 is 5.97 Å². The van der Waals surface area contributed by atoms with Crippen LogP contribution in [0.5, 0.6) is 0 Å². The van der Waals surface area contributed by atoms with E-state index in [0.717, 1.165) is 6.42 Å². The highest BCUT2D eigenvalue weighted by atomic mass is 16.6. The lowest BCUT2D eigenvalue weighted by atomic mass is 10.1. The van der Waals surface area contributed by atoms with Gasteiger partial charge in [0.05, 0.1) is 4.92 Å². The molecule has 0 aromatic heterocycles.